The molecule has 2 atom stereocenters. The van der Waals surface area contributed by atoms with Gasteiger partial charge in [0.05, 0.1) is 5.56 Å². The van der Waals surface area contributed by atoms with Crippen molar-refractivity contribution in [2.75, 3.05) is 14.1 Å². The first-order valence-corrected chi connectivity index (χ1v) is 6.71. The fraction of sp³-hybridized carbons (Fsp3) is 0.600. The SMILES string of the molecule is CN(C)[C@@H]1CCCC(c2cccc(C(F)(F)F)c2)C1. The smallest absolute Gasteiger partial charge is 0.306 e. The van der Waals surface area contributed by atoms with Crippen LogP contribution in [0, 0.1) is 0 Å². The largest absolute Gasteiger partial charge is 0.416 e. The summed E-state index contributed by atoms with van der Waals surface area (Å²) in [7, 11) is 4.08. The molecule has 0 radical (unpaired) electrons. The predicted octanol–water partition coefficient (Wildman–Crippen LogP) is 4.29. The van der Waals surface area contributed by atoms with Crippen LogP contribution in [0.1, 0.15) is 42.7 Å². The molecule has 1 aliphatic carbocycles. The van der Waals surface area contributed by atoms with E-state index in [0.29, 0.717) is 6.04 Å². The summed E-state index contributed by atoms with van der Waals surface area (Å²) in [6.07, 6.45) is -0.0716. The molecule has 19 heavy (non-hydrogen) atoms. The number of nitrogens with zero attached hydrogens (tertiary/aromatic N) is 1. The van der Waals surface area contributed by atoms with Crippen LogP contribution in [0.15, 0.2) is 24.3 Å². The molecule has 0 amide bonds. The van der Waals surface area contributed by atoms with Crippen molar-refractivity contribution in [3.63, 3.8) is 0 Å². The Kier molecular flexibility index (Phi) is 4.19. The number of hydrogen-bond acceptors (Lipinski definition) is 1. The Bertz CT molecular complexity index is 426. The third-order valence-electron chi connectivity index (χ3n) is 4.06. The molecule has 1 aliphatic rings. The van der Waals surface area contributed by atoms with E-state index in [1.165, 1.54) is 12.1 Å². The summed E-state index contributed by atoms with van der Waals surface area (Å²) in [5.41, 5.74) is 0.304. The van der Waals surface area contributed by atoms with Crippen molar-refractivity contribution >= 4 is 0 Å². The van der Waals surface area contributed by atoms with Crippen LogP contribution < -0.4 is 0 Å². The number of benzene rings is 1. The number of hydrogen-bond donors (Lipinski definition) is 0. The van der Waals surface area contributed by atoms with Gasteiger partial charge in [-0.15, -0.1) is 0 Å². The predicted molar refractivity (Wildman–Crippen MR) is 70.1 cm³/mol. The Morgan fingerprint density at radius 1 is 1.16 bits per heavy atom. The summed E-state index contributed by atoms with van der Waals surface area (Å²) >= 11 is 0. The average molecular weight is 271 g/mol. The van der Waals surface area contributed by atoms with Crippen molar-refractivity contribution in [2.45, 2.75) is 43.8 Å². The van der Waals surface area contributed by atoms with Crippen molar-refractivity contribution in [1.29, 1.82) is 0 Å². The Morgan fingerprint density at radius 3 is 2.53 bits per heavy atom. The van der Waals surface area contributed by atoms with Crippen molar-refractivity contribution in [3.05, 3.63) is 35.4 Å². The third kappa shape index (κ3) is 3.50. The summed E-state index contributed by atoms with van der Waals surface area (Å²) in [6, 6.07) is 6.31. The summed E-state index contributed by atoms with van der Waals surface area (Å²) in [5.74, 6) is 0.253. The second kappa shape index (κ2) is 5.53. The lowest BCUT2D eigenvalue weighted by molar-refractivity contribution is -0.137. The van der Waals surface area contributed by atoms with Crippen LogP contribution in [0.5, 0.6) is 0 Å². The van der Waals surface area contributed by atoms with Crippen LogP contribution in [0.25, 0.3) is 0 Å². The van der Waals surface area contributed by atoms with E-state index >= 15 is 0 Å². The Morgan fingerprint density at radius 2 is 1.89 bits per heavy atom. The molecule has 0 saturated heterocycles. The molecule has 1 fully saturated rings. The zero-order chi connectivity index (χ0) is 14.0. The monoisotopic (exact) mass is 271 g/mol. The molecule has 1 unspecified atom stereocenters. The van der Waals surface area contributed by atoms with E-state index in [0.717, 1.165) is 37.3 Å². The molecule has 2 rings (SSSR count). The zero-order valence-electron chi connectivity index (χ0n) is 11.4. The summed E-state index contributed by atoms with van der Waals surface area (Å²) < 4.78 is 38.2. The lowest BCUT2D eigenvalue weighted by atomic mass is 9.80. The first-order valence-electron chi connectivity index (χ1n) is 6.71. The second-order valence-electron chi connectivity index (χ2n) is 5.60. The zero-order valence-corrected chi connectivity index (χ0v) is 11.4. The van der Waals surface area contributed by atoms with Gasteiger partial charge in [-0.3, -0.25) is 0 Å². The third-order valence-corrected chi connectivity index (χ3v) is 4.06. The summed E-state index contributed by atoms with van der Waals surface area (Å²) in [5, 5.41) is 0. The highest BCUT2D eigenvalue weighted by atomic mass is 19.4. The normalized spacial score (nSPS) is 24.7. The van der Waals surface area contributed by atoms with Crippen LogP contribution in [0.4, 0.5) is 13.2 Å². The molecular formula is C15H20F3N. The van der Waals surface area contributed by atoms with E-state index in [9.17, 15) is 13.2 Å². The van der Waals surface area contributed by atoms with Gasteiger partial charge < -0.3 is 4.90 Å². The highest BCUT2D eigenvalue weighted by Gasteiger charge is 2.32. The average Bonchev–Trinajstić information content (AvgIpc) is 2.38. The first kappa shape index (κ1) is 14.4. The molecule has 106 valence electrons. The number of halogens is 3. The van der Waals surface area contributed by atoms with Crippen molar-refractivity contribution in [1.82, 2.24) is 4.90 Å². The maximum absolute atomic E-state index is 12.7. The van der Waals surface area contributed by atoms with E-state index in [-0.39, 0.29) is 5.92 Å². The number of rotatable bonds is 2. The van der Waals surface area contributed by atoms with Gasteiger partial charge in [-0.05, 0) is 50.9 Å². The quantitative estimate of drug-likeness (QED) is 0.775. The van der Waals surface area contributed by atoms with Crippen molar-refractivity contribution < 1.29 is 13.2 Å². The molecule has 0 heterocycles. The van der Waals surface area contributed by atoms with Crippen molar-refractivity contribution in [2.24, 2.45) is 0 Å². The second-order valence-corrected chi connectivity index (χ2v) is 5.60. The molecule has 1 nitrogen and oxygen atoms in total. The fourth-order valence-electron chi connectivity index (χ4n) is 2.90. The van der Waals surface area contributed by atoms with E-state index < -0.39 is 11.7 Å². The van der Waals surface area contributed by atoms with Gasteiger partial charge in [0.1, 0.15) is 0 Å². The lowest BCUT2D eigenvalue weighted by Crippen LogP contribution is -2.32. The van der Waals surface area contributed by atoms with Gasteiger partial charge in [0.25, 0.3) is 0 Å². The van der Waals surface area contributed by atoms with E-state index in [4.69, 9.17) is 0 Å². The van der Waals surface area contributed by atoms with Crippen molar-refractivity contribution in [3.8, 4) is 0 Å². The molecular weight excluding hydrogens is 251 g/mol. The maximum Gasteiger partial charge on any atom is 0.416 e. The summed E-state index contributed by atoms with van der Waals surface area (Å²) in [6.45, 7) is 0. The van der Waals surface area contributed by atoms with E-state index in [1.54, 1.807) is 0 Å². The highest BCUT2D eigenvalue weighted by molar-refractivity contribution is 5.28. The molecule has 0 N–H and O–H groups in total. The molecule has 1 saturated carbocycles. The maximum atomic E-state index is 12.7. The minimum atomic E-state index is -4.24. The molecule has 0 spiro atoms. The molecule has 0 bridgehead atoms. The molecule has 1 aromatic rings. The Balaban J connectivity index is 2.17. The van der Waals surface area contributed by atoms with Crippen LogP contribution in [0.2, 0.25) is 0 Å². The van der Waals surface area contributed by atoms with Gasteiger partial charge >= 0.3 is 6.18 Å². The molecule has 4 heteroatoms. The van der Waals surface area contributed by atoms with Gasteiger partial charge in [-0.2, -0.15) is 13.2 Å². The minimum absolute atomic E-state index is 0.253. The molecule has 0 aliphatic heterocycles. The van der Waals surface area contributed by atoms with Gasteiger partial charge in [0.2, 0.25) is 0 Å². The van der Waals surface area contributed by atoms with E-state index in [1.807, 2.05) is 20.2 Å². The van der Waals surface area contributed by atoms with Crippen LogP contribution in [-0.2, 0) is 6.18 Å². The van der Waals surface area contributed by atoms with Gasteiger partial charge in [-0.25, -0.2) is 0 Å². The summed E-state index contributed by atoms with van der Waals surface area (Å²) in [4.78, 5) is 2.18. The first-order chi connectivity index (χ1) is 8.88. The minimum Gasteiger partial charge on any atom is -0.306 e. The number of alkyl halides is 3. The van der Waals surface area contributed by atoms with Gasteiger partial charge in [0, 0.05) is 6.04 Å². The topological polar surface area (TPSA) is 3.24 Å². The van der Waals surface area contributed by atoms with E-state index in [2.05, 4.69) is 4.90 Å². The fourth-order valence-corrected chi connectivity index (χ4v) is 2.90. The standard InChI is InChI=1S/C15H20F3N/c1-19(2)14-8-4-6-12(10-14)11-5-3-7-13(9-11)15(16,17)18/h3,5,7,9,12,14H,4,6,8,10H2,1-2H3/t12?,14-/m1/s1. The molecule has 1 aromatic carbocycles. The van der Waals surface area contributed by atoms with Crippen LogP contribution in [-0.4, -0.2) is 25.0 Å². The Hall–Kier alpha value is -1.03. The van der Waals surface area contributed by atoms with Crippen LogP contribution >= 0.6 is 0 Å². The lowest BCUT2D eigenvalue weighted by Gasteiger charge is -2.33. The van der Waals surface area contributed by atoms with Gasteiger partial charge in [0.15, 0.2) is 0 Å². The highest BCUT2D eigenvalue weighted by Crippen LogP contribution is 2.37. The van der Waals surface area contributed by atoms with Crippen LogP contribution in [0.3, 0.4) is 0 Å². The van der Waals surface area contributed by atoms with Gasteiger partial charge in [-0.1, -0.05) is 24.6 Å². The molecule has 0 aromatic heterocycles. The Labute approximate surface area is 112 Å².